The van der Waals surface area contributed by atoms with Crippen LogP contribution in [0.5, 0.6) is 0 Å². The first-order valence-electron chi connectivity index (χ1n) is 5.31. The van der Waals surface area contributed by atoms with Crippen LogP contribution in [0.25, 0.3) is 5.69 Å². The van der Waals surface area contributed by atoms with Crippen LogP contribution in [0, 0.1) is 6.92 Å². The molecule has 0 fully saturated rings. The summed E-state index contributed by atoms with van der Waals surface area (Å²) in [6, 6.07) is 14.4. The third kappa shape index (κ3) is 4.47. The zero-order chi connectivity index (χ0) is 12.7. The van der Waals surface area contributed by atoms with Crippen LogP contribution in [0.3, 0.4) is 0 Å². The van der Waals surface area contributed by atoms with E-state index >= 15 is 0 Å². The molecule has 1 aromatic carbocycles. The Morgan fingerprint density at radius 2 is 1.59 bits per heavy atom. The maximum absolute atomic E-state index is 8.89. The highest BCUT2D eigenvalue weighted by atomic mass is 16.4. The molecule has 0 spiro atoms. The molecule has 0 unspecified atom stereocenters. The largest absolute Gasteiger partial charge is 0.550 e. The number of aliphatic carboxylic acids is 1. The van der Waals surface area contributed by atoms with Crippen LogP contribution < -0.4 is 9.67 Å². The van der Waals surface area contributed by atoms with E-state index < -0.39 is 5.97 Å². The van der Waals surface area contributed by atoms with E-state index in [1.54, 1.807) is 0 Å². The molecule has 2 rings (SSSR count). The number of para-hydroxylation sites is 1. The Labute approximate surface area is 101 Å². The SMILES string of the molecule is CC(=O)[O-].Cc1ccccc1-[n+]1ccccc1. The third-order valence-corrected chi connectivity index (χ3v) is 2.11. The van der Waals surface area contributed by atoms with Crippen LogP contribution >= 0.6 is 0 Å². The van der Waals surface area contributed by atoms with Gasteiger partial charge in [0.2, 0.25) is 5.69 Å². The number of nitrogens with zero attached hydrogens (tertiary/aromatic N) is 1. The molecule has 3 nitrogen and oxygen atoms in total. The fourth-order valence-electron chi connectivity index (χ4n) is 1.41. The molecule has 0 saturated heterocycles. The molecule has 88 valence electrons. The summed E-state index contributed by atoms with van der Waals surface area (Å²) >= 11 is 0. The number of carboxylic acids is 1. The first kappa shape index (κ1) is 12.9. The van der Waals surface area contributed by atoms with E-state index in [2.05, 4.69) is 48.1 Å². The molecule has 0 aliphatic carbocycles. The molecule has 0 bridgehead atoms. The summed E-state index contributed by atoms with van der Waals surface area (Å²) in [6.07, 6.45) is 4.12. The van der Waals surface area contributed by atoms with Crippen LogP contribution in [0.4, 0.5) is 0 Å². The molecule has 2 aromatic rings. The smallest absolute Gasteiger partial charge is 0.213 e. The van der Waals surface area contributed by atoms with Gasteiger partial charge in [-0.3, -0.25) is 0 Å². The van der Waals surface area contributed by atoms with Gasteiger partial charge in [0.1, 0.15) is 0 Å². The zero-order valence-electron chi connectivity index (χ0n) is 9.96. The molecule has 0 amide bonds. The molecule has 0 aliphatic rings. The van der Waals surface area contributed by atoms with Gasteiger partial charge < -0.3 is 9.90 Å². The third-order valence-electron chi connectivity index (χ3n) is 2.11. The highest BCUT2D eigenvalue weighted by Gasteiger charge is 2.05. The Balaban J connectivity index is 0.000000317. The van der Waals surface area contributed by atoms with Crippen molar-refractivity contribution >= 4 is 5.97 Å². The number of benzene rings is 1. The van der Waals surface area contributed by atoms with Crippen LogP contribution in [0.2, 0.25) is 0 Å². The Hall–Kier alpha value is -2.16. The highest BCUT2D eigenvalue weighted by Crippen LogP contribution is 2.05. The fraction of sp³-hybridized carbons (Fsp3) is 0.143. The van der Waals surface area contributed by atoms with Gasteiger partial charge in [0.05, 0.1) is 0 Å². The van der Waals surface area contributed by atoms with Gasteiger partial charge >= 0.3 is 0 Å². The predicted molar refractivity (Wildman–Crippen MR) is 63.4 cm³/mol. The number of hydrogen-bond donors (Lipinski definition) is 0. The van der Waals surface area contributed by atoms with E-state index in [0.29, 0.717) is 0 Å². The summed E-state index contributed by atoms with van der Waals surface area (Å²) in [7, 11) is 0. The molecule has 3 heteroatoms. The molecule has 17 heavy (non-hydrogen) atoms. The highest BCUT2D eigenvalue weighted by molar-refractivity contribution is 5.60. The van der Waals surface area contributed by atoms with Crippen LogP contribution in [0.15, 0.2) is 54.9 Å². The molecule has 0 radical (unpaired) electrons. The summed E-state index contributed by atoms with van der Waals surface area (Å²) in [5.74, 6) is -1.08. The lowest BCUT2D eigenvalue weighted by Crippen LogP contribution is -2.29. The van der Waals surface area contributed by atoms with Gasteiger partial charge in [0.15, 0.2) is 12.4 Å². The number of hydrogen-bond acceptors (Lipinski definition) is 2. The summed E-state index contributed by atoms with van der Waals surface area (Å²) < 4.78 is 2.12. The molecule has 0 aliphatic heterocycles. The maximum atomic E-state index is 8.89. The average molecular weight is 229 g/mol. The summed E-state index contributed by atoms with van der Waals surface area (Å²) in [6.45, 7) is 3.09. The van der Waals surface area contributed by atoms with Gasteiger partial charge in [-0.25, -0.2) is 0 Å². The molecular weight excluding hydrogens is 214 g/mol. The second-order valence-corrected chi connectivity index (χ2v) is 3.56. The summed E-state index contributed by atoms with van der Waals surface area (Å²) in [4.78, 5) is 8.89. The Bertz CT molecular complexity index is 477. The first-order chi connectivity index (χ1) is 8.11. The molecule has 0 saturated carbocycles. The van der Waals surface area contributed by atoms with Gasteiger partial charge in [0.25, 0.3) is 0 Å². The summed E-state index contributed by atoms with van der Waals surface area (Å²) in [5, 5.41) is 8.89. The van der Waals surface area contributed by atoms with Crippen molar-refractivity contribution in [2.45, 2.75) is 13.8 Å². The molecular formula is C14H15NO2. The molecule has 1 heterocycles. The first-order valence-corrected chi connectivity index (χ1v) is 5.31. The van der Waals surface area contributed by atoms with E-state index in [4.69, 9.17) is 9.90 Å². The summed E-state index contributed by atoms with van der Waals surface area (Å²) in [5.41, 5.74) is 2.53. The molecule has 0 atom stereocenters. The van der Waals surface area contributed by atoms with Crippen LogP contribution in [0.1, 0.15) is 12.5 Å². The number of carbonyl (C=O) groups excluding carboxylic acids is 1. The van der Waals surface area contributed by atoms with Crippen molar-refractivity contribution in [3.8, 4) is 5.69 Å². The minimum absolute atomic E-state index is 0.972. The average Bonchev–Trinajstić information content (AvgIpc) is 2.30. The lowest BCUT2D eigenvalue weighted by molar-refractivity contribution is -0.596. The van der Waals surface area contributed by atoms with E-state index in [0.717, 1.165) is 6.92 Å². The second-order valence-electron chi connectivity index (χ2n) is 3.56. The minimum Gasteiger partial charge on any atom is -0.550 e. The number of pyridine rings is 1. The Morgan fingerprint density at radius 1 is 1.06 bits per heavy atom. The van der Waals surface area contributed by atoms with Crippen molar-refractivity contribution in [3.63, 3.8) is 0 Å². The lowest BCUT2D eigenvalue weighted by Gasteiger charge is -1.97. The number of aromatic nitrogens is 1. The van der Waals surface area contributed by atoms with Gasteiger partial charge in [-0.2, -0.15) is 4.57 Å². The number of rotatable bonds is 1. The fourth-order valence-corrected chi connectivity index (χ4v) is 1.41. The standard InChI is InChI=1S/C12H12N.C2H4O2/c1-11-7-3-4-8-12(11)13-9-5-2-6-10-13;1-2(3)4/h2-10H,1H3;1H3,(H,3,4)/q+1;/p-1. The zero-order valence-corrected chi connectivity index (χ0v) is 9.96. The van der Waals surface area contributed by atoms with Gasteiger partial charge in [0, 0.05) is 29.7 Å². The van der Waals surface area contributed by atoms with E-state index in [-0.39, 0.29) is 0 Å². The topological polar surface area (TPSA) is 44.0 Å². The number of carbonyl (C=O) groups is 1. The normalized spacial score (nSPS) is 9.06. The minimum atomic E-state index is -1.08. The van der Waals surface area contributed by atoms with Crippen molar-refractivity contribution in [3.05, 3.63) is 60.4 Å². The van der Waals surface area contributed by atoms with Gasteiger partial charge in [-0.1, -0.05) is 24.3 Å². The van der Waals surface area contributed by atoms with E-state index in [1.165, 1.54) is 11.3 Å². The Morgan fingerprint density at radius 3 is 2.12 bits per heavy atom. The monoisotopic (exact) mass is 229 g/mol. The van der Waals surface area contributed by atoms with Gasteiger partial charge in [-0.05, 0) is 13.8 Å². The van der Waals surface area contributed by atoms with Crippen molar-refractivity contribution in [1.29, 1.82) is 0 Å². The molecule has 0 N–H and O–H groups in total. The lowest BCUT2D eigenvalue weighted by atomic mass is 10.2. The maximum Gasteiger partial charge on any atom is 0.213 e. The van der Waals surface area contributed by atoms with Crippen molar-refractivity contribution < 1.29 is 14.5 Å². The predicted octanol–water partition coefficient (Wildman–Crippen LogP) is 1.03. The number of aryl methyl sites for hydroxylation is 1. The van der Waals surface area contributed by atoms with Crippen molar-refractivity contribution in [2.24, 2.45) is 0 Å². The van der Waals surface area contributed by atoms with Crippen molar-refractivity contribution in [2.75, 3.05) is 0 Å². The van der Waals surface area contributed by atoms with E-state index in [9.17, 15) is 0 Å². The van der Waals surface area contributed by atoms with E-state index in [1.807, 2.05) is 18.2 Å². The quantitative estimate of drug-likeness (QED) is 0.685. The Kier molecular flexibility index (Phi) is 4.88. The second kappa shape index (κ2) is 6.43. The number of carboxylic acid groups (broad SMARTS) is 1. The van der Waals surface area contributed by atoms with Crippen LogP contribution in [-0.4, -0.2) is 5.97 Å². The molecule has 1 aromatic heterocycles. The van der Waals surface area contributed by atoms with Crippen molar-refractivity contribution in [1.82, 2.24) is 0 Å². The van der Waals surface area contributed by atoms with Gasteiger partial charge in [-0.15, -0.1) is 0 Å². The van der Waals surface area contributed by atoms with Crippen LogP contribution in [-0.2, 0) is 4.79 Å².